The van der Waals surface area contributed by atoms with Crippen LogP contribution in [0.25, 0.3) is 0 Å². The van der Waals surface area contributed by atoms with Crippen molar-refractivity contribution < 1.29 is 0 Å². The van der Waals surface area contributed by atoms with Gasteiger partial charge in [-0.25, -0.2) is 0 Å². The molecule has 1 N–H and O–H groups in total. The van der Waals surface area contributed by atoms with Crippen LogP contribution < -0.4 is 5.32 Å². The van der Waals surface area contributed by atoms with E-state index in [1.165, 1.54) is 12.1 Å². The third-order valence-corrected chi connectivity index (χ3v) is 1.31. The first-order chi connectivity index (χ1) is 3.33. The monoisotopic (exact) mass is 97.1 g/mol. The summed E-state index contributed by atoms with van der Waals surface area (Å²) in [7, 11) is 0. The van der Waals surface area contributed by atoms with E-state index in [1.54, 1.807) is 0 Å². The van der Waals surface area contributed by atoms with Gasteiger partial charge in [-0.05, 0) is 13.8 Å². The number of rotatable bonds is 0. The van der Waals surface area contributed by atoms with Gasteiger partial charge >= 0.3 is 0 Å². The van der Waals surface area contributed by atoms with E-state index in [1.807, 2.05) is 0 Å². The van der Waals surface area contributed by atoms with Crippen LogP contribution in [0.4, 0.5) is 0 Å². The fourth-order valence-electron chi connectivity index (χ4n) is 0.826. The smallest absolute Gasteiger partial charge is 0.0284 e. The van der Waals surface area contributed by atoms with Crippen LogP contribution in [0, 0.1) is 0 Å². The van der Waals surface area contributed by atoms with Gasteiger partial charge in [-0.15, -0.1) is 0 Å². The molecule has 0 aromatic heterocycles. The Morgan fingerprint density at radius 1 is 1.86 bits per heavy atom. The molecule has 40 valence electrons. The van der Waals surface area contributed by atoms with Gasteiger partial charge in [0.15, 0.2) is 0 Å². The second kappa shape index (κ2) is 1.57. The van der Waals surface area contributed by atoms with Crippen molar-refractivity contribution in [1.29, 1.82) is 0 Å². The molecular weight excluding hydrogens is 86.1 g/mol. The summed E-state index contributed by atoms with van der Waals surface area (Å²) >= 11 is 0. The first-order valence-corrected chi connectivity index (χ1v) is 2.74. The lowest BCUT2D eigenvalue weighted by atomic mass is 10.1. The molecule has 1 aliphatic rings. The van der Waals surface area contributed by atoms with Crippen molar-refractivity contribution in [3.63, 3.8) is 0 Å². The lowest BCUT2D eigenvalue weighted by Crippen LogP contribution is -2.37. The largest absolute Gasteiger partial charge is 0.386 e. The molecule has 7 heavy (non-hydrogen) atoms. The standard InChI is InChI=1S/C6H11N/c1-3-6-4-5(2)7-6/h3,5,7H,4H2,1-2H3/b6-3+. The highest BCUT2D eigenvalue weighted by Gasteiger charge is 2.13. The Bertz CT molecular complexity index is 86.4. The Morgan fingerprint density at radius 2 is 2.43 bits per heavy atom. The van der Waals surface area contributed by atoms with Gasteiger partial charge in [0.05, 0.1) is 0 Å². The fourth-order valence-corrected chi connectivity index (χ4v) is 0.826. The van der Waals surface area contributed by atoms with Crippen LogP contribution in [0.5, 0.6) is 0 Å². The molecule has 1 saturated heterocycles. The highest BCUT2D eigenvalue weighted by molar-refractivity contribution is 5.09. The minimum atomic E-state index is 0.728. The summed E-state index contributed by atoms with van der Waals surface area (Å²) in [6, 6.07) is 0.728. The Balaban J connectivity index is 2.30. The van der Waals surface area contributed by atoms with Crippen LogP contribution in [-0.2, 0) is 0 Å². The quantitative estimate of drug-likeness (QED) is 0.480. The fraction of sp³-hybridized carbons (Fsp3) is 0.667. The second-order valence-corrected chi connectivity index (χ2v) is 2.06. The molecule has 0 aliphatic carbocycles. The third-order valence-electron chi connectivity index (χ3n) is 1.31. The van der Waals surface area contributed by atoms with Crippen LogP contribution in [0.2, 0.25) is 0 Å². The summed E-state index contributed by atoms with van der Waals surface area (Å²) in [6.07, 6.45) is 3.37. The molecule has 0 saturated carbocycles. The zero-order chi connectivity index (χ0) is 5.28. The minimum absolute atomic E-state index is 0.728. The number of allylic oxidation sites excluding steroid dienone is 1. The van der Waals surface area contributed by atoms with Gasteiger partial charge in [0.1, 0.15) is 0 Å². The van der Waals surface area contributed by atoms with E-state index < -0.39 is 0 Å². The Morgan fingerprint density at radius 3 is 2.57 bits per heavy atom. The molecule has 0 amide bonds. The van der Waals surface area contributed by atoms with Crippen LogP contribution in [0.1, 0.15) is 20.3 Å². The predicted octanol–water partition coefficient (Wildman–Crippen LogP) is 1.27. The van der Waals surface area contributed by atoms with E-state index in [0.29, 0.717) is 0 Å². The summed E-state index contributed by atoms with van der Waals surface area (Å²) in [5.41, 5.74) is 1.40. The van der Waals surface area contributed by atoms with Crippen molar-refractivity contribution in [3.05, 3.63) is 11.8 Å². The topological polar surface area (TPSA) is 12.0 Å². The van der Waals surface area contributed by atoms with Crippen molar-refractivity contribution >= 4 is 0 Å². The molecule has 0 radical (unpaired) electrons. The molecule has 1 aliphatic heterocycles. The first kappa shape index (κ1) is 4.69. The van der Waals surface area contributed by atoms with E-state index in [4.69, 9.17) is 0 Å². The highest BCUT2D eigenvalue weighted by Crippen LogP contribution is 2.12. The summed E-state index contributed by atoms with van der Waals surface area (Å²) in [5.74, 6) is 0. The van der Waals surface area contributed by atoms with Crippen LogP contribution >= 0.6 is 0 Å². The van der Waals surface area contributed by atoms with Gasteiger partial charge in [-0.1, -0.05) is 6.08 Å². The molecule has 1 rings (SSSR count). The molecule has 1 heteroatoms. The Kier molecular flexibility index (Phi) is 1.05. The molecule has 0 bridgehead atoms. The van der Waals surface area contributed by atoms with Crippen molar-refractivity contribution in [1.82, 2.24) is 5.32 Å². The highest BCUT2D eigenvalue weighted by atomic mass is 15.0. The van der Waals surface area contributed by atoms with E-state index in [2.05, 4.69) is 25.2 Å². The first-order valence-electron chi connectivity index (χ1n) is 2.74. The maximum absolute atomic E-state index is 3.25. The zero-order valence-corrected chi connectivity index (χ0v) is 4.86. The van der Waals surface area contributed by atoms with Crippen LogP contribution in [-0.4, -0.2) is 6.04 Å². The molecule has 1 atom stereocenters. The van der Waals surface area contributed by atoms with E-state index in [9.17, 15) is 0 Å². The molecule has 0 aromatic rings. The van der Waals surface area contributed by atoms with Gasteiger partial charge in [0.25, 0.3) is 0 Å². The summed E-state index contributed by atoms with van der Waals surface area (Å²) in [6.45, 7) is 4.25. The summed E-state index contributed by atoms with van der Waals surface area (Å²) in [5, 5.41) is 3.25. The second-order valence-electron chi connectivity index (χ2n) is 2.06. The lowest BCUT2D eigenvalue weighted by Gasteiger charge is -2.28. The molecule has 1 fully saturated rings. The van der Waals surface area contributed by atoms with E-state index in [0.717, 1.165) is 6.04 Å². The van der Waals surface area contributed by atoms with Gasteiger partial charge in [-0.3, -0.25) is 0 Å². The molecule has 0 aromatic carbocycles. The SMILES string of the molecule is C/C=C1\CC(C)N1. The number of hydrogen-bond acceptors (Lipinski definition) is 1. The van der Waals surface area contributed by atoms with E-state index >= 15 is 0 Å². The van der Waals surface area contributed by atoms with Crippen molar-refractivity contribution in [2.75, 3.05) is 0 Å². The van der Waals surface area contributed by atoms with Gasteiger partial charge in [0, 0.05) is 18.2 Å². The summed E-state index contributed by atoms with van der Waals surface area (Å²) < 4.78 is 0. The average Bonchev–Trinajstić information content (AvgIpc) is 1.58. The van der Waals surface area contributed by atoms with Crippen LogP contribution in [0.3, 0.4) is 0 Å². The van der Waals surface area contributed by atoms with Gasteiger partial charge < -0.3 is 5.32 Å². The Hall–Kier alpha value is -0.460. The predicted molar refractivity (Wildman–Crippen MR) is 31.0 cm³/mol. The summed E-state index contributed by atoms with van der Waals surface area (Å²) in [4.78, 5) is 0. The Labute approximate surface area is 44.4 Å². The zero-order valence-electron chi connectivity index (χ0n) is 4.86. The van der Waals surface area contributed by atoms with E-state index in [-0.39, 0.29) is 0 Å². The molecule has 1 nitrogen and oxygen atoms in total. The number of nitrogens with one attached hydrogen (secondary N) is 1. The van der Waals surface area contributed by atoms with Crippen molar-refractivity contribution in [3.8, 4) is 0 Å². The van der Waals surface area contributed by atoms with Gasteiger partial charge in [-0.2, -0.15) is 0 Å². The lowest BCUT2D eigenvalue weighted by molar-refractivity contribution is 0.481. The van der Waals surface area contributed by atoms with Crippen molar-refractivity contribution in [2.45, 2.75) is 26.3 Å². The number of hydrogen-bond donors (Lipinski definition) is 1. The average molecular weight is 97.2 g/mol. The minimum Gasteiger partial charge on any atom is -0.386 e. The molecule has 1 heterocycles. The molecular formula is C6H11N. The van der Waals surface area contributed by atoms with Gasteiger partial charge in [0.2, 0.25) is 0 Å². The maximum atomic E-state index is 3.25. The van der Waals surface area contributed by atoms with Crippen molar-refractivity contribution in [2.24, 2.45) is 0 Å². The maximum Gasteiger partial charge on any atom is 0.0284 e. The normalized spacial score (nSPS) is 34.6. The molecule has 1 unspecified atom stereocenters. The van der Waals surface area contributed by atoms with Crippen LogP contribution in [0.15, 0.2) is 11.8 Å². The third kappa shape index (κ3) is 0.763. The molecule has 0 spiro atoms.